The van der Waals surface area contributed by atoms with E-state index < -0.39 is 0 Å². The molecule has 0 aliphatic heterocycles. The third-order valence-electron chi connectivity index (χ3n) is 3.95. The maximum absolute atomic E-state index is 12.1. The summed E-state index contributed by atoms with van der Waals surface area (Å²) in [5, 5.41) is 2.82. The third kappa shape index (κ3) is 4.59. The molecule has 0 heterocycles. The van der Waals surface area contributed by atoms with Crippen molar-refractivity contribution in [1.29, 1.82) is 0 Å². The summed E-state index contributed by atoms with van der Waals surface area (Å²) in [6.45, 7) is 4.20. The zero-order valence-electron chi connectivity index (χ0n) is 15.8. The number of rotatable bonds is 8. The lowest BCUT2D eigenvalue weighted by atomic mass is 10.1. The molecule has 0 atom stereocenters. The van der Waals surface area contributed by atoms with Gasteiger partial charge in [0.25, 0.3) is 5.91 Å². The maximum atomic E-state index is 12.1. The Kier molecular flexibility index (Phi) is 6.72. The molecule has 0 aliphatic carbocycles. The molecule has 1 N–H and O–H groups in total. The quantitative estimate of drug-likeness (QED) is 0.785. The van der Waals surface area contributed by atoms with Gasteiger partial charge >= 0.3 is 0 Å². The molecule has 0 bridgehead atoms. The van der Waals surface area contributed by atoms with Gasteiger partial charge in [-0.2, -0.15) is 0 Å². The van der Waals surface area contributed by atoms with Crippen molar-refractivity contribution in [2.45, 2.75) is 20.4 Å². The first-order chi connectivity index (χ1) is 12.5. The topological polar surface area (TPSA) is 66.0 Å². The van der Waals surface area contributed by atoms with Crippen molar-refractivity contribution in [2.24, 2.45) is 0 Å². The predicted octanol–water partition coefficient (Wildman–Crippen LogP) is 3.02. The van der Waals surface area contributed by atoms with Crippen molar-refractivity contribution in [2.75, 3.05) is 27.9 Å². The van der Waals surface area contributed by atoms with Gasteiger partial charge in [0.1, 0.15) is 5.75 Å². The lowest BCUT2D eigenvalue weighted by Gasteiger charge is -2.16. The first-order valence-corrected chi connectivity index (χ1v) is 8.24. The van der Waals surface area contributed by atoms with Gasteiger partial charge in [-0.05, 0) is 37.6 Å². The molecule has 6 heteroatoms. The Balaban J connectivity index is 1.98. The number of hydrogen-bond acceptors (Lipinski definition) is 5. The SMILES string of the molecule is COc1ccc(CNC(=O)COc2ccc(C)cc2C)c(OC)c1OC. The van der Waals surface area contributed by atoms with Gasteiger partial charge < -0.3 is 24.3 Å². The van der Waals surface area contributed by atoms with E-state index in [2.05, 4.69) is 5.32 Å². The molecule has 2 aromatic carbocycles. The lowest BCUT2D eigenvalue weighted by Crippen LogP contribution is -2.28. The van der Waals surface area contributed by atoms with E-state index >= 15 is 0 Å². The fourth-order valence-corrected chi connectivity index (χ4v) is 2.65. The molecule has 0 aromatic heterocycles. The highest BCUT2D eigenvalue weighted by Crippen LogP contribution is 2.39. The van der Waals surface area contributed by atoms with E-state index in [-0.39, 0.29) is 12.5 Å². The fourth-order valence-electron chi connectivity index (χ4n) is 2.65. The van der Waals surface area contributed by atoms with Crippen LogP contribution in [0.5, 0.6) is 23.0 Å². The molecule has 26 heavy (non-hydrogen) atoms. The molecule has 0 radical (unpaired) electrons. The molecular weight excluding hydrogens is 334 g/mol. The second kappa shape index (κ2) is 8.99. The largest absolute Gasteiger partial charge is 0.493 e. The second-order valence-electron chi connectivity index (χ2n) is 5.83. The average molecular weight is 359 g/mol. The Morgan fingerprint density at radius 1 is 0.923 bits per heavy atom. The van der Waals surface area contributed by atoms with Crippen LogP contribution in [0.15, 0.2) is 30.3 Å². The molecular formula is C20H25NO5. The summed E-state index contributed by atoms with van der Waals surface area (Å²) in [7, 11) is 4.65. The van der Waals surface area contributed by atoms with Gasteiger partial charge in [-0.15, -0.1) is 0 Å². The van der Waals surface area contributed by atoms with Crippen LogP contribution in [0.1, 0.15) is 16.7 Å². The first kappa shape index (κ1) is 19.4. The highest BCUT2D eigenvalue weighted by atomic mass is 16.5. The molecule has 2 aromatic rings. The van der Waals surface area contributed by atoms with Crippen molar-refractivity contribution in [1.82, 2.24) is 5.32 Å². The molecule has 6 nitrogen and oxygen atoms in total. The van der Waals surface area contributed by atoms with Crippen molar-refractivity contribution in [3.8, 4) is 23.0 Å². The number of carbonyl (C=O) groups is 1. The predicted molar refractivity (Wildman–Crippen MR) is 99.4 cm³/mol. The van der Waals surface area contributed by atoms with Crippen LogP contribution >= 0.6 is 0 Å². The number of methoxy groups -OCH3 is 3. The molecule has 0 aliphatic rings. The van der Waals surface area contributed by atoms with Gasteiger partial charge in [-0.25, -0.2) is 0 Å². The highest BCUT2D eigenvalue weighted by molar-refractivity contribution is 5.77. The van der Waals surface area contributed by atoms with E-state index in [9.17, 15) is 4.79 Å². The van der Waals surface area contributed by atoms with Gasteiger partial charge in [0.15, 0.2) is 18.1 Å². The normalized spacial score (nSPS) is 10.2. The zero-order chi connectivity index (χ0) is 19.1. The van der Waals surface area contributed by atoms with Crippen molar-refractivity contribution < 1.29 is 23.7 Å². The van der Waals surface area contributed by atoms with Crippen LogP contribution in [0.25, 0.3) is 0 Å². The average Bonchev–Trinajstić information content (AvgIpc) is 2.64. The number of amides is 1. The van der Waals surface area contributed by atoms with E-state index in [0.29, 0.717) is 29.5 Å². The number of benzene rings is 2. The van der Waals surface area contributed by atoms with Crippen LogP contribution in [0, 0.1) is 13.8 Å². The van der Waals surface area contributed by atoms with Gasteiger partial charge in [0.2, 0.25) is 5.75 Å². The Labute approximate surface area is 154 Å². The number of carbonyl (C=O) groups excluding carboxylic acids is 1. The smallest absolute Gasteiger partial charge is 0.258 e. The van der Waals surface area contributed by atoms with Crippen molar-refractivity contribution in [3.05, 3.63) is 47.0 Å². The molecule has 0 saturated heterocycles. The molecule has 0 fully saturated rings. The van der Waals surface area contributed by atoms with E-state index in [1.807, 2.05) is 38.1 Å². The third-order valence-corrected chi connectivity index (χ3v) is 3.95. The minimum absolute atomic E-state index is 0.0560. The number of hydrogen-bond donors (Lipinski definition) is 1. The maximum Gasteiger partial charge on any atom is 0.258 e. The zero-order valence-corrected chi connectivity index (χ0v) is 15.8. The standard InChI is InChI=1S/C20H25NO5/c1-13-6-8-16(14(2)10-13)26-12-18(22)21-11-15-7-9-17(23-3)20(25-5)19(15)24-4/h6-10H,11-12H2,1-5H3,(H,21,22). The Morgan fingerprint density at radius 3 is 2.23 bits per heavy atom. The molecule has 140 valence electrons. The van der Waals surface area contributed by atoms with Gasteiger partial charge in [0, 0.05) is 12.1 Å². The van der Waals surface area contributed by atoms with Crippen molar-refractivity contribution >= 4 is 5.91 Å². The van der Waals surface area contributed by atoms with E-state index in [4.69, 9.17) is 18.9 Å². The summed E-state index contributed by atoms with van der Waals surface area (Å²) >= 11 is 0. The molecule has 0 unspecified atom stereocenters. The number of ether oxygens (including phenoxy) is 4. The monoisotopic (exact) mass is 359 g/mol. The Morgan fingerprint density at radius 2 is 1.62 bits per heavy atom. The molecule has 1 amide bonds. The van der Waals surface area contributed by atoms with E-state index in [1.165, 1.54) is 0 Å². The Hall–Kier alpha value is -2.89. The molecule has 2 rings (SSSR count). The Bertz CT molecular complexity index is 773. The van der Waals surface area contributed by atoms with Gasteiger partial charge in [-0.1, -0.05) is 17.7 Å². The number of nitrogens with one attached hydrogen (secondary N) is 1. The minimum Gasteiger partial charge on any atom is -0.493 e. The summed E-state index contributed by atoms with van der Waals surface area (Å²) in [5.41, 5.74) is 2.93. The highest BCUT2D eigenvalue weighted by Gasteiger charge is 2.16. The van der Waals surface area contributed by atoms with Gasteiger partial charge in [-0.3, -0.25) is 4.79 Å². The summed E-state index contributed by atoms with van der Waals surface area (Å²) in [4.78, 5) is 12.1. The van der Waals surface area contributed by atoms with Crippen molar-refractivity contribution in [3.63, 3.8) is 0 Å². The first-order valence-electron chi connectivity index (χ1n) is 8.24. The van der Waals surface area contributed by atoms with Crippen LogP contribution in [0.2, 0.25) is 0 Å². The summed E-state index contributed by atoms with van der Waals surface area (Å²) in [6, 6.07) is 9.44. The second-order valence-corrected chi connectivity index (χ2v) is 5.83. The van der Waals surface area contributed by atoms with E-state index in [1.54, 1.807) is 27.4 Å². The van der Waals surface area contributed by atoms with Crippen LogP contribution < -0.4 is 24.3 Å². The summed E-state index contributed by atoms with van der Waals surface area (Å²) in [5.74, 6) is 2.07. The minimum atomic E-state index is -0.221. The van der Waals surface area contributed by atoms with E-state index in [0.717, 1.165) is 16.7 Å². The molecule has 0 spiro atoms. The molecule has 0 saturated carbocycles. The fraction of sp³-hybridized carbons (Fsp3) is 0.350. The number of aryl methyl sites for hydroxylation is 2. The summed E-state index contributed by atoms with van der Waals surface area (Å²) < 4.78 is 21.6. The van der Waals surface area contributed by atoms with Crippen LogP contribution in [-0.2, 0) is 11.3 Å². The summed E-state index contributed by atoms with van der Waals surface area (Å²) in [6.07, 6.45) is 0. The van der Waals surface area contributed by atoms with Crippen LogP contribution in [0.4, 0.5) is 0 Å². The van der Waals surface area contributed by atoms with Crippen LogP contribution in [0.3, 0.4) is 0 Å². The lowest BCUT2D eigenvalue weighted by molar-refractivity contribution is -0.123. The van der Waals surface area contributed by atoms with Gasteiger partial charge in [0.05, 0.1) is 21.3 Å². The van der Waals surface area contributed by atoms with Crippen LogP contribution in [-0.4, -0.2) is 33.8 Å².